The number of aromatic nitrogens is 1. The molecule has 2 rings (SSSR count). The van der Waals surface area contributed by atoms with E-state index in [2.05, 4.69) is 11.6 Å². The molecule has 0 aliphatic heterocycles. The number of hydrogen-bond acceptors (Lipinski definition) is 3. The molecule has 4 nitrogen and oxygen atoms in total. The van der Waals surface area contributed by atoms with Gasteiger partial charge in [0.15, 0.2) is 0 Å². The van der Waals surface area contributed by atoms with Gasteiger partial charge >= 0.3 is 0 Å². The van der Waals surface area contributed by atoms with Crippen molar-refractivity contribution in [2.24, 2.45) is 0 Å². The van der Waals surface area contributed by atoms with Gasteiger partial charge in [-0.3, -0.25) is 0 Å². The van der Waals surface area contributed by atoms with Crippen LogP contribution in [0, 0.1) is 6.92 Å². The van der Waals surface area contributed by atoms with Gasteiger partial charge in [0.2, 0.25) is 10.0 Å². The van der Waals surface area contributed by atoms with Crippen molar-refractivity contribution < 1.29 is 8.42 Å². The molecule has 0 aliphatic carbocycles. The largest absolute Gasteiger partial charge is 0.244 e. The average Bonchev–Trinajstić information content (AvgIpc) is 2.54. The van der Waals surface area contributed by atoms with E-state index in [-0.39, 0.29) is 11.4 Å². The maximum atomic E-state index is 12.8. The Bertz CT molecular complexity index is 776. The number of aryl methyl sites for hydroxylation is 1. The predicted molar refractivity (Wildman–Crippen MR) is 93.1 cm³/mol. The maximum absolute atomic E-state index is 12.8. The molecule has 1 heterocycles. The van der Waals surface area contributed by atoms with E-state index in [0.29, 0.717) is 23.7 Å². The molecule has 23 heavy (non-hydrogen) atoms. The topological polar surface area (TPSA) is 50.3 Å². The number of nitrogens with zero attached hydrogens (tertiary/aromatic N) is 2. The first-order chi connectivity index (χ1) is 10.9. The van der Waals surface area contributed by atoms with Gasteiger partial charge in [0.25, 0.3) is 0 Å². The second-order valence-corrected chi connectivity index (χ2v) is 7.46. The summed E-state index contributed by atoms with van der Waals surface area (Å²) in [7, 11) is -3.63. The minimum atomic E-state index is -3.63. The van der Waals surface area contributed by atoms with Gasteiger partial charge in [0, 0.05) is 19.3 Å². The van der Waals surface area contributed by atoms with Gasteiger partial charge in [-0.2, -0.15) is 4.31 Å². The standard InChI is InChI=1S/C17H19ClN2O2S/c1-3-10-20(11-9-15-7-5-4-6-8-15)23(21,22)16-12-14(2)17(18)19-13-16/h3-8,12-13H,1,9-11H2,2H3. The fraction of sp³-hybridized carbons (Fsp3) is 0.235. The number of pyridine rings is 1. The first-order valence-electron chi connectivity index (χ1n) is 7.22. The van der Waals surface area contributed by atoms with E-state index in [1.807, 2.05) is 30.3 Å². The highest BCUT2D eigenvalue weighted by Crippen LogP contribution is 2.20. The van der Waals surface area contributed by atoms with E-state index in [0.717, 1.165) is 5.56 Å². The number of hydrogen-bond donors (Lipinski definition) is 0. The lowest BCUT2D eigenvalue weighted by molar-refractivity contribution is 0.445. The Kier molecular flexibility index (Phi) is 5.93. The van der Waals surface area contributed by atoms with Gasteiger partial charge in [-0.15, -0.1) is 6.58 Å². The fourth-order valence-corrected chi connectivity index (χ4v) is 3.72. The van der Waals surface area contributed by atoms with Crippen LogP contribution >= 0.6 is 11.6 Å². The van der Waals surface area contributed by atoms with E-state index in [4.69, 9.17) is 11.6 Å². The van der Waals surface area contributed by atoms with Gasteiger partial charge < -0.3 is 0 Å². The van der Waals surface area contributed by atoms with Crippen molar-refractivity contribution in [1.29, 1.82) is 0 Å². The Morgan fingerprint density at radius 3 is 2.61 bits per heavy atom. The van der Waals surface area contributed by atoms with Crippen LogP contribution in [0.5, 0.6) is 0 Å². The normalized spacial score (nSPS) is 11.6. The molecule has 0 radical (unpaired) electrons. The van der Waals surface area contributed by atoms with Crippen molar-refractivity contribution in [3.05, 3.63) is 71.5 Å². The third-order valence-electron chi connectivity index (χ3n) is 3.45. The molecular weight excluding hydrogens is 332 g/mol. The quantitative estimate of drug-likeness (QED) is 0.567. The van der Waals surface area contributed by atoms with E-state index in [9.17, 15) is 8.42 Å². The van der Waals surface area contributed by atoms with Crippen molar-refractivity contribution in [2.75, 3.05) is 13.1 Å². The van der Waals surface area contributed by atoms with Crippen molar-refractivity contribution >= 4 is 21.6 Å². The molecule has 122 valence electrons. The second-order valence-electron chi connectivity index (χ2n) is 5.17. The molecule has 0 fully saturated rings. The number of halogens is 1. The van der Waals surface area contributed by atoms with Crippen LogP contribution in [0.4, 0.5) is 0 Å². The molecule has 0 atom stereocenters. The van der Waals surface area contributed by atoms with Crippen LogP contribution < -0.4 is 0 Å². The third-order valence-corrected chi connectivity index (χ3v) is 5.68. The van der Waals surface area contributed by atoms with Crippen LogP contribution in [0.15, 0.2) is 60.1 Å². The molecule has 0 spiro atoms. The number of benzene rings is 1. The fourth-order valence-electron chi connectivity index (χ4n) is 2.17. The molecule has 0 saturated heterocycles. The summed E-state index contributed by atoms with van der Waals surface area (Å²) in [6.45, 7) is 6.01. The van der Waals surface area contributed by atoms with Gasteiger partial charge in [-0.1, -0.05) is 48.0 Å². The zero-order chi connectivity index (χ0) is 16.9. The van der Waals surface area contributed by atoms with Crippen LogP contribution in [-0.4, -0.2) is 30.8 Å². The Morgan fingerprint density at radius 1 is 1.30 bits per heavy atom. The molecule has 0 aliphatic rings. The zero-order valence-electron chi connectivity index (χ0n) is 12.9. The SMILES string of the molecule is C=CCN(CCc1ccccc1)S(=O)(=O)c1cnc(Cl)c(C)c1. The summed E-state index contributed by atoms with van der Waals surface area (Å²) in [6, 6.07) is 11.3. The Morgan fingerprint density at radius 2 is 2.00 bits per heavy atom. The molecule has 0 bridgehead atoms. The Balaban J connectivity index is 2.24. The van der Waals surface area contributed by atoms with Crippen LogP contribution in [0.25, 0.3) is 0 Å². The Hall–Kier alpha value is -1.69. The summed E-state index contributed by atoms with van der Waals surface area (Å²) in [5.41, 5.74) is 1.72. The molecule has 1 aromatic heterocycles. The summed E-state index contributed by atoms with van der Waals surface area (Å²) < 4.78 is 27.0. The molecule has 2 aromatic rings. The van der Waals surface area contributed by atoms with Crippen LogP contribution in [-0.2, 0) is 16.4 Å². The molecule has 1 aromatic carbocycles. The summed E-state index contributed by atoms with van der Waals surface area (Å²) in [6.07, 6.45) is 3.51. The van der Waals surface area contributed by atoms with E-state index in [1.54, 1.807) is 19.1 Å². The summed E-state index contributed by atoms with van der Waals surface area (Å²) in [5.74, 6) is 0. The van der Waals surface area contributed by atoms with Gasteiger partial charge in [-0.05, 0) is 30.5 Å². The summed E-state index contributed by atoms with van der Waals surface area (Å²) in [4.78, 5) is 4.09. The lowest BCUT2D eigenvalue weighted by Gasteiger charge is -2.21. The lowest BCUT2D eigenvalue weighted by atomic mass is 10.1. The summed E-state index contributed by atoms with van der Waals surface area (Å²) >= 11 is 5.88. The number of rotatable bonds is 7. The van der Waals surface area contributed by atoms with Crippen LogP contribution in [0.3, 0.4) is 0 Å². The minimum Gasteiger partial charge on any atom is -0.243 e. The van der Waals surface area contributed by atoms with E-state index >= 15 is 0 Å². The van der Waals surface area contributed by atoms with Crippen molar-refractivity contribution in [1.82, 2.24) is 9.29 Å². The van der Waals surface area contributed by atoms with E-state index < -0.39 is 10.0 Å². The highest BCUT2D eigenvalue weighted by molar-refractivity contribution is 7.89. The smallest absolute Gasteiger partial charge is 0.243 e. The minimum absolute atomic E-state index is 0.148. The molecular formula is C17H19ClN2O2S. The Labute approximate surface area is 142 Å². The highest BCUT2D eigenvalue weighted by Gasteiger charge is 2.24. The molecule has 0 unspecified atom stereocenters. The molecule has 0 N–H and O–H groups in total. The summed E-state index contributed by atoms with van der Waals surface area (Å²) in [5, 5.41) is 0.309. The molecule has 0 amide bonds. The highest BCUT2D eigenvalue weighted by atomic mass is 35.5. The van der Waals surface area contributed by atoms with Gasteiger partial charge in [0.05, 0.1) is 0 Å². The van der Waals surface area contributed by atoms with Crippen molar-refractivity contribution in [3.8, 4) is 0 Å². The maximum Gasteiger partial charge on any atom is 0.244 e. The van der Waals surface area contributed by atoms with Crippen LogP contribution in [0.1, 0.15) is 11.1 Å². The van der Waals surface area contributed by atoms with Gasteiger partial charge in [-0.25, -0.2) is 13.4 Å². The van der Waals surface area contributed by atoms with Crippen molar-refractivity contribution in [2.45, 2.75) is 18.2 Å². The van der Waals surface area contributed by atoms with Gasteiger partial charge in [0.1, 0.15) is 10.0 Å². The molecule has 6 heteroatoms. The molecule has 0 saturated carbocycles. The van der Waals surface area contributed by atoms with E-state index in [1.165, 1.54) is 10.5 Å². The third kappa shape index (κ3) is 4.41. The first kappa shape index (κ1) is 17.7. The van der Waals surface area contributed by atoms with Crippen molar-refractivity contribution in [3.63, 3.8) is 0 Å². The average molecular weight is 351 g/mol. The monoisotopic (exact) mass is 350 g/mol. The zero-order valence-corrected chi connectivity index (χ0v) is 14.5. The van der Waals surface area contributed by atoms with Crippen LogP contribution in [0.2, 0.25) is 5.15 Å². The second kappa shape index (κ2) is 7.73. The predicted octanol–water partition coefficient (Wildman–Crippen LogP) is 3.46. The number of sulfonamides is 1. The lowest BCUT2D eigenvalue weighted by Crippen LogP contribution is -2.33. The first-order valence-corrected chi connectivity index (χ1v) is 9.04.